The molecule has 1 aromatic carbocycles. The molecule has 1 amide bonds. The number of benzene rings is 1. The molecule has 1 unspecified atom stereocenters. The van der Waals surface area contributed by atoms with Gasteiger partial charge < -0.3 is 5.32 Å². The fourth-order valence-corrected chi connectivity index (χ4v) is 1.83. The van der Waals surface area contributed by atoms with Crippen LogP contribution in [0.2, 0.25) is 0 Å². The Labute approximate surface area is 123 Å². The van der Waals surface area contributed by atoms with Crippen molar-refractivity contribution in [3.05, 3.63) is 64.1 Å². The molecule has 8 heteroatoms. The Morgan fingerprint density at radius 2 is 1.82 bits per heavy atom. The molecule has 0 saturated carbocycles. The highest BCUT2D eigenvalue weighted by Gasteiger charge is 2.42. The van der Waals surface area contributed by atoms with Crippen molar-refractivity contribution < 1.29 is 18.0 Å². The smallest absolute Gasteiger partial charge is 0.335 e. The Bertz CT molecular complexity index is 726. The van der Waals surface area contributed by atoms with Crippen LogP contribution in [0.5, 0.6) is 0 Å². The van der Waals surface area contributed by atoms with Crippen LogP contribution in [0, 0.1) is 0 Å². The van der Waals surface area contributed by atoms with E-state index in [-0.39, 0.29) is 11.3 Å². The Kier molecular flexibility index (Phi) is 4.30. The molecule has 0 aliphatic carbocycles. The molecule has 116 valence electrons. The molecule has 1 N–H and O–H groups in total. The van der Waals surface area contributed by atoms with Gasteiger partial charge in [-0.2, -0.15) is 18.3 Å². The molecule has 22 heavy (non-hydrogen) atoms. The quantitative estimate of drug-likeness (QED) is 0.940. The van der Waals surface area contributed by atoms with E-state index in [0.717, 1.165) is 16.8 Å². The number of hydrogen-bond acceptors (Lipinski definition) is 3. The van der Waals surface area contributed by atoms with Crippen LogP contribution >= 0.6 is 0 Å². The first-order valence-electron chi connectivity index (χ1n) is 6.26. The largest absolute Gasteiger partial charge is 0.412 e. The molecule has 1 atom stereocenters. The molecule has 0 aliphatic heterocycles. The van der Waals surface area contributed by atoms with Crippen LogP contribution < -0.4 is 10.9 Å². The second kappa shape index (κ2) is 6.00. The van der Waals surface area contributed by atoms with Gasteiger partial charge in [-0.05, 0) is 11.6 Å². The topological polar surface area (TPSA) is 64.0 Å². The van der Waals surface area contributed by atoms with Crippen molar-refractivity contribution in [1.82, 2.24) is 15.1 Å². The van der Waals surface area contributed by atoms with Gasteiger partial charge in [0.05, 0.1) is 0 Å². The fraction of sp³-hybridized carbons (Fsp3) is 0.214. The van der Waals surface area contributed by atoms with Crippen LogP contribution in [0.1, 0.15) is 22.1 Å². The number of hydrogen-bond donors (Lipinski definition) is 1. The summed E-state index contributed by atoms with van der Waals surface area (Å²) in [5, 5.41) is 5.52. The van der Waals surface area contributed by atoms with E-state index in [2.05, 4.69) is 5.10 Å². The first-order valence-corrected chi connectivity index (χ1v) is 6.26. The van der Waals surface area contributed by atoms with E-state index < -0.39 is 23.7 Å². The molecule has 1 heterocycles. The normalized spacial score (nSPS) is 12.7. The van der Waals surface area contributed by atoms with Gasteiger partial charge >= 0.3 is 6.18 Å². The number of carbonyl (C=O) groups excluding carboxylic acids is 1. The highest BCUT2D eigenvalue weighted by atomic mass is 19.4. The summed E-state index contributed by atoms with van der Waals surface area (Å²) in [6.45, 7) is 0. The molecule has 0 saturated heterocycles. The number of nitrogens with one attached hydrogen (secondary N) is 1. The Morgan fingerprint density at radius 3 is 2.36 bits per heavy atom. The zero-order valence-electron chi connectivity index (χ0n) is 11.5. The first-order chi connectivity index (χ1) is 10.3. The van der Waals surface area contributed by atoms with Crippen LogP contribution in [-0.2, 0) is 7.05 Å². The summed E-state index contributed by atoms with van der Waals surface area (Å²) < 4.78 is 40.3. The predicted octanol–water partition coefficient (Wildman–Crippen LogP) is 1.81. The highest BCUT2D eigenvalue weighted by molar-refractivity contribution is 5.92. The third kappa shape index (κ3) is 3.51. The van der Waals surface area contributed by atoms with Gasteiger partial charge in [0.2, 0.25) is 0 Å². The van der Waals surface area contributed by atoms with Crippen molar-refractivity contribution in [2.45, 2.75) is 12.2 Å². The van der Waals surface area contributed by atoms with Gasteiger partial charge in [0.25, 0.3) is 11.5 Å². The lowest BCUT2D eigenvalue weighted by atomic mass is 10.1. The summed E-state index contributed by atoms with van der Waals surface area (Å²) in [5.74, 6) is -1.01. The Morgan fingerprint density at radius 1 is 1.18 bits per heavy atom. The van der Waals surface area contributed by atoms with Crippen LogP contribution in [0.25, 0.3) is 0 Å². The van der Waals surface area contributed by atoms with Gasteiger partial charge in [-0.25, -0.2) is 4.68 Å². The number of aryl methyl sites for hydroxylation is 1. The van der Waals surface area contributed by atoms with Gasteiger partial charge in [0.1, 0.15) is 5.69 Å². The summed E-state index contributed by atoms with van der Waals surface area (Å²) in [6, 6.07) is 7.01. The average molecular weight is 311 g/mol. The maximum Gasteiger partial charge on any atom is 0.412 e. The zero-order chi connectivity index (χ0) is 16.3. The minimum Gasteiger partial charge on any atom is -0.335 e. The van der Waals surface area contributed by atoms with Crippen molar-refractivity contribution in [3.63, 3.8) is 0 Å². The monoisotopic (exact) mass is 311 g/mol. The molecule has 0 spiro atoms. The van der Waals surface area contributed by atoms with E-state index >= 15 is 0 Å². The van der Waals surface area contributed by atoms with Gasteiger partial charge in [0.15, 0.2) is 6.04 Å². The average Bonchev–Trinajstić information content (AvgIpc) is 2.47. The van der Waals surface area contributed by atoms with Crippen molar-refractivity contribution >= 4 is 5.91 Å². The lowest BCUT2D eigenvalue weighted by Crippen LogP contribution is -2.39. The first kappa shape index (κ1) is 15.7. The standard InChI is InChI=1S/C14H12F3N3O2/c1-20-11(21)8-7-10(19-20)13(22)18-12(14(15,16)17)9-5-3-2-4-6-9/h2-8,12H,1H3,(H,18,22). The number of rotatable bonds is 3. The van der Waals surface area contributed by atoms with Crippen LogP contribution in [0.4, 0.5) is 13.2 Å². The summed E-state index contributed by atoms with van der Waals surface area (Å²) >= 11 is 0. The number of nitrogens with zero attached hydrogens (tertiary/aromatic N) is 2. The fourth-order valence-electron chi connectivity index (χ4n) is 1.83. The summed E-state index contributed by atoms with van der Waals surface area (Å²) in [7, 11) is 1.30. The van der Waals surface area contributed by atoms with Crippen LogP contribution in [0.3, 0.4) is 0 Å². The Balaban J connectivity index is 2.29. The molecular formula is C14H12F3N3O2. The zero-order valence-corrected chi connectivity index (χ0v) is 11.5. The van der Waals surface area contributed by atoms with Gasteiger partial charge in [0, 0.05) is 13.1 Å². The van der Waals surface area contributed by atoms with E-state index in [9.17, 15) is 22.8 Å². The lowest BCUT2D eigenvalue weighted by molar-refractivity contribution is -0.155. The summed E-state index contributed by atoms with van der Waals surface area (Å²) in [4.78, 5) is 23.1. The number of amides is 1. The van der Waals surface area contributed by atoms with Gasteiger partial charge in [-0.15, -0.1) is 0 Å². The van der Waals surface area contributed by atoms with Crippen molar-refractivity contribution in [2.24, 2.45) is 7.05 Å². The van der Waals surface area contributed by atoms with Crippen molar-refractivity contribution in [2.75, 3.05) is 0 Å². The van der Waals surface area contributed by atoms with Crippen LogP contribution in [-0.4, -0.2) is 21.9 Å². The molecule has 0 fully saturated rings. The van der Waals surface area contributed by atoms with E-state index in [1.165, 1.54) is 31.3 Å². The van der Waals surface area contributed by atoms with E-state index in [1.54, 1.807) is 6.07 Å². The molecule has 2 aromatic rings. The third-order valence-electron chi connectivity index (χ3n) is 2.93. The molecule has 0 bridgehead atoms. The van der Waals surface area contributed by atoms with Gasteiger partial charge in [-0.1, -0.05) is 30.3 Å². The molecule has 0 radical (unpaired) electrons. The minimum atomic E-state index is -4.66. The van der Waals surface area contributed by atoms with Crippen LogP contribution in [0.15, 0.2) is 47.3 Å². The summed E-state index contributed by atoms with van der Waals surface area (Å²) in [6.07, 6.45) is -4.66. The number of halogens is 3. The van der Waals surface area contributed by atoms with E-state index in [1.807, 2.05) is 5.32 Å². The molecule has 5 nitrogen and oxygen atoms in total. The number of aromatic nitrogens is 2. The SMILES string of the molecule is Cn1nc(C(=O)NC(c2ccccc2)C(F)(F)F)ccc1=O. The molecule has 1 aromatic heterocycles. The van der Waals surface area contributed by atoms with E-state index in [0.29, 0.717) is 0 Å². The molecular weight excluding hydrogens is 299 g/mol. The third-order valence-corrected chi connectivity index (χ3v) is 2.93. The second-order valence-electron chi connectivity index (χ2n) is 4.54. The minimum absolute atomic E-state index is 0.0897. The number of carbonyl (C=O) groups is 1. The maximum absolute atomic E-state index is 13.1. The maximum atomic E-state index is 13.1. The molecule has 2 rings (SSSR count). The van der Waals surface area contributed by atoms with Gasteiger partial charge in [-0.3, -0.25) is 9.59 Å². The lowest BCUT2D eigenvalue weighted by Gasteiger charge is -2.21. The second-order valence-corrected chi connectivity index (χ2v) is 4.54. The Hall–Kier alpha value is -2.64. The van der Waals surface area contributed by atoms with Crippen molar-refractivity contribution in [3.8, 4) is 0 Å². The van der Waals surface area contributed by atoms with Crippen molar-refractivity contribution in [1.29, 1.82) is 0 Å². The molecule has 0 aliphatic rings. The summed E-state index contributed by atoms with van der Waals surface area (Å²) in [5.41, 5.74) is -0.826. The number of alkyl halides is 3. The highest BCUT2D eigenvalue weighted by Crippen LogP contribution is 2.32. The van der Waals surface area contributed by atoms with E-state index in [4.69, 9.17) is 0 Å². The predicted molar refractivity (Wildman–Crippen MR) is 72.2 cm³/mol.